The van der Waals surface area contributed by atoms with Gasteiger partial charge in [-0.05, 0) is 72.7 Å². The first-order valence-corrected chi connectivity index (χ1v) is 11.4. The number of amides is 1. The standard InChI is InChI=1S/C28H28N2O3/c1-19-17-30(18-20-12-14-22(32-2)15-13-20)27(26(19)25-11-6-16-33-25)28(31)29-24-10-5-8-21-7-3-4-9-23(21)24/h3-4,6-7,9,11-17,24H,5,8,10,18H2,1-2H3,(H,29,31). The molecular weight excluding hydrogens is 412 g/mol. The molecule has 0 radical (unpaired) electrons. The highest BCUT2D eigenvalue weighted by molar-refractivity contribution is 6.00. The molecule has 0 saturated heterocycles. The van der Waals surface area contributed by atoms with Crippen molar-refractivity contribution in [1.82, 2.24) is 9.88 Å². The van der Waals surface area contributed by atoms with Gasteiger partial charge in [0.25, 0.3) is 5.91 Å². The molecule has 0 aliphatic heterocycles. The minimum atomic E-state index is -0.0790. The van der Waals surface area contributed by atoms with Gasteiger partial charge < -0.3 is 19.0 Å². The van der Waals surface area contributed by atoms with E-state index in [1.54, 1.807) is 13.4 Å². The van der Waals surface area contributed by atoms with E-state index in [1.807, 2.05) is 60.2 Å². The van der Waals surface area contributed by atoms with Crippen molar-refractivity contribution in [2.75, 3.05) is 7.11 Å². The number of carbonyl (C=O) groups excluding carboxylic acids is 1. The average Bonchev–Trinajstić information content (AvgIpc) is 3.47. The smallest absolute Gasteiger partial charge is 0.269 e. The van der Waals surface area contributed by atoms with E-state index in [2.05, 4.69) is 23.5 Å². The highest BCUT2D eigenvalue weighted by Crippen LogP contribution is 2.33. The topological polar surface area (TPSA) is 56.4 Å². The molecule has 5 heteroatoms. The number of ether oxygens (including phenoxy) is 1. The number of rotatable bonds is 6. The summed E-state index contributed by atoms with van der Waals surface area (Å²) < 4.78 is 13.0. The first-order valence-electron chi connectivity index (χ1n) is 11.4. The van der Waals surface area contributed by atoms with Gasteiger partial charge in [-0.25, -0.2) is 0 Å². The van der Waals surface area contributed by atoms with Crippen molar-refractivity contribution in [2.24, 2.45) is 0 Å². The Morgan fingerprint density at radius 3 is 2.70 bits per heavy atom. The van der Waals surface area contributed by atoms with Crippen LogP contribution in [-0.2, 0) is 13.0 Å². The summed E-state index contributed by atoms with van der Waals surface area (Å²) in [5.41, 5.74) is 6.12. The minimum Gasteiger partial charge on any atom is -0.497 e. The molecule has 1 aliphatic rings. The molecule has 1 amide bonds. The Balaban J connectivity index is 1.51. The van der Waals surface area contributed by atoms with Gasteiger partial charge in [-0.3, -0.25) is 4.79 Å². The number of carbonyl (C=O) groups is 1. The number of benzene rings is 2. The Hall–Kier alpha value is -3.73. The van der Waals surface area contributed by atoms with E-state index < -0.39 is 0 Å². The van der Waals surface area contributed by atoms with E-state index >= 15 is 0 Å². The lowest BCUT2D eigenvalue weighted by molar-refractivity contribution is 0.0924. The van der Waals surface area contributed by atoms with E-state index in [4.69, 9.17) is 9.15 Å². The lowest BCUT2D eigenvalue weighted by Gasteiger charge is -2.26. The van der Waals surface area contributed by atoms with Crippen molar-refractivity contribution in [1.29, 1.82) is 0 Å². The van der Waals surface area contributed by atoms with Crippen molar-refractivity contribution in [3.8, 4) is 17.1 Å². The number of methoxy groups -OCH3 is 1. The molecule has 2 aromatic heterocycles. The number of hydrogen-bond donors (Lipinski definition) is 1. The van der Waals surface area contributed by atoms with Crippen LogP contribution in [0.2, 0.25) is 0 Å². The van der Waals surface area contributed by atoms with Gasteiger partial charge in [0.1, 0.15) is 17.2 Å². The maximum atomic E-state index is 13.8. The minimum absolute atomic E-state index is 0.0107. The summed E-state index contributed by atoms with van der Waals surface area (Å²) in [4.78, 5) is 13.8. The molecule has 2 heterocycles. The summed E-state index contributed by atoms with van der Waals surface area (Å²) in [6.45, 7) is 2.60. The molecule has 2 aromatic carbocycles. The number of aryl methyl sites for hydroxylation is 2. The summed E-state index contributed by atoms with van der Waals surface area (Å²) in [6, 6.07) is 20.1. The summed E-state index contributed by atoms with van der Waals surface area (Å²) in [5, 5.41) is 3.33. The predicted octanol–water partition coefficient (Wildman–Crippen LogP) is 5.92. The van der Waals surface area contributed by atoms with Gasteiger partial charge in [-0.15, -0.1) is 0 Å². The molecule has 0 spiro atoms. The molecule has 1 unspecified atom stereocenters. The summed E-state index contributed by atoms with van der Waals surface area (Å²) in [5.74, 6) is 1.44. The quantitative estimate of drug-likeness (QED) is 0.405. The fourth-order valence-corrected chi connectivity index (χ4v) is 4.85. The molecule has 168 valence electrons. The highest BCUT2D eigenvalue weighted by Gasteiger charge is 2.27. The van der Waals surface area contributed by atoms with Gasteiger partial charge in [-0.1, -0.05) is 36.4 Å². The van der Waals surface area contributed by atoms with Crippen LogP contribution in [0.5, 0.6) is 5.75 Å². The van der Waals surface area contributed by atoms with Crippen LogP contribution in [0.3, 0.4) is 0 Å². The van der Waals surface area contributed by atoms with Crippen molar-refractivity contribution < 1.29 is 13.9 Å². The third-order valence-electron chi connectivity index (χ3n) is 6.44. The second-order valence-electron chi connectivity index (χ2n) is 8.61. The molecular formula is C28H28N2O3. The molecule has 5 rings (SSSR count). The van der Waals surface area contributed by atoms with Gasteiger partial charge >= 0.3 is 0 Å². The largest absolute Gasteiger partial charge is 0.497 e. The number of aromatic nitrogens is 1. The van der Waals surface area contributed by atoms with Crippen LogP contribution in [0.15, 0.2) is 77.5 Å². The molecule has 1 aliphatic carbocycles. The van der Waals surface area contributed by atoms with Crippen LogP contribution in [0.1, 0.15) is 51.6 Å². The zero-order valence-electron chi connectivity index (χ0n) is 19.0. The van der Waals surface area contributed by atoms with Gasteiger partial charge in [0.05, 0.1) is 25.0 Å². The number of nitrogens with zero attached hydrogens (tertiary/aromatic N) is 1. The third kappa shape index (κ3) is 4.19. The number of hydrogen-bond acceptors (Lipinski definition) is 3. The monoisotopic (exact) mass is 440 g/mol. The van der Waals surface area contributed by atoms with Gasteiger partial charge in [0.2, 0.25) is 0 Å². The number of nitrogens with one attached hydrogen (secondary N) is 1. The molecule has 4 aromatic rings. The Kier molecular flexibility index (Phi) is 5.78. The normalized spacial score (nSPS) is 15.2. The zero-order chi connectivity index (χ0) is 22.8. The van der Waals surface area contributed by atoms with Crippen LogP contribution in [-0.4, -0.2) is 17.6 Å². The van der Waals surface area contributed by atoms with E-state index in [0.29, 0.717) is 18.0 Å². The predicted molar refractivity (Wildman–Crippen MR) is 129 cm³/mol. The van der Waals surface area contributed by atoms with Crippen molar-refractivity contribution in [3.05, 3.63) is 101 Å². The summed E-state index contributed by atoms with van der Waals surface area (Å²) in [6.07, 6.45) is 6.75. The molecule has 0 saturated carbocycles. The first kappa shape index (κ1) is 21.1. The Morgan fingerprint density at radius 2 is 1.94 bits per heavy atom. The van der Waals surface area contributed by atoms with Gasteiger partial charge in [0.15, 0.2) is 0 Å². The van der Waals surface area contributed by atoms with Gasteiger partial charge in [-0.2, -0.15) is 0 Å². The fraction of sp³-hybridized carbons (Fsp3) is 0.250. The summed E-state index contributed by atoms with van der Waals surface area (Å²) in [7, 11) is 1.66. The van der Waals surface area contributed by atoms with Crippen LogP contribution < -0.4 is 10.1 Å². The molecule has 5 nitrogen and oxygen atoms in total. The van der Waals surface area contributed by atoms with E-state index in [9.17, 15) is 4.79 Å². The van der Waals surface area contributed by atoms with Crippen LogP contribution in [0, 0.1) is 6.92 Å². The Labute approximate surface area is 194 Å². The molecule has 1 N–H and O–H groups in total. The van der Waals surface area contributed by atoms with Crippen molar-refractivity contribution in [2.45, 2.75) is 38.8 Å². The van der Waals surface area contributed by atoms with E-state index in [1.165, 1.54) is 11.1 Å². The fourth-order valence-electron chi connectivity index (χ4n) is 4.85. The first-order chi connectivity index (χ1) is 16.1. The second-order valence-corrected chi connectivity index (χ2v) is 8.61. The SMILES string of the molecule is COc1ccc(Cn2cc(C)c(-c3ccco3)c2C(=O)NC2CCCc3ccccc32)cc1. The van der Waals surface area contributed by atoms with Crippen molar-refractivity contribution >= 4 is 5.91 Å². The van der Waals surface area contributed by atoms with Crippen LogP contribution >= 0.6 is 0 Å². The maximum absolute atomic E-state index is 13.8. The Bertz CT molecular complexity index is 1250. The highest BCUT2D eigenvalue weighted by atomic mass is 16.5. The van der Waals surface area contributed by atoms with Crippen molar-refractivity contribution in [3.63, 3.8) is 0 Å². The molecule has 33 heavy (non-hydrogen) atoms. The third-order valence-corrected chi connectivity index (χ3v) is 6.44. The second kappa shape index (κ2) is 9.02. The number of furan rings is 1. The average molecular weight is 441 g/mol. The molecule has 0 bridgehead atoms. The van der Waals surface area contributed by atoms with E-state index in [-0.39, 0.29) is 11.9 Å². The zero-order valence-corrected chi connectivity index (χ0v) is 19.0. The Morgan fingerprint density at radius 1 is 1.12 bits per heavy atom. The molecule has 0 fully saturated rings. The van der Waals surface area contributed by atoms with Gasteiger partial charge in [0, 0.05) is 12.7 Å². The lowest BCUT2D eigenvalue weighted by atomic mass is 9.87. The lowest BCUT2D eigenvalue weighted by Crippen LogP contribution is -2.32. The summed E-state index contributed by atoms with van der Waals surface area (Å²) >= 11 is 0. The van der Waals surface area contributed by atoms with Crippen LogP contribution in [0.25, 0.3) is 11.3 Å². The van der Waals surface area contributed by atoms with Crippen LogP contribution in [0.4, 0.5) is 0 Å². The van der Waals surface area contributed by atoms with E-state index in [0.717, 1.165) is 41.7 Å². The maximum Gasteiger partial charge on any atom is 0.269 e. The molecule has 1 atom stereocenters. The number of fused-ring (bicyclic) bond motifs is 1.